The quantitative estimate of drug-likeness (QED) is 0.242. The van der Waals surface area contributed by atoms with Crippen molar-refractivity contribution >= 4 is 79.9 Å². The fourth-order valence-corrected chi connectivity index (χ4v) is 1.77. The molecule has 0 unspecified atom stereocenters. The van der Waals surface area contributed by atoms with Crippen molar-refractivity contribution in [2.45, 2.75) is 64.2 Å². The average molecular weight is 502 g/mol. The van der Waals surface area contributed by atoms with Gasteiger partial charge in [0.15, 0.2) is 0 Å². The molecule has 2 saturated carbocycles. The largest absolute Gasteiger partial charge is 2.00 e. The van der Waals surface area contributed by atoms with Gasteiger partial charge in [-0.05, 0) is 0 Å². The van der Waals surface area contributed by atoms with Crippen molar-refractivity contribution in [3.63, 3.8) is 0 Å². The molecular weight excluding hydrogens is 482 g/mol. The van der Waals surface area contributed by atoms with Gasteiger partial charge in [0.1, 0.15) is 0 Å². The van der Waals surface area contributed by atoms with E-state index in [0.717, 1.165) is 0 Å². The summed E-state index contributed by atoms with van der Waals surface area (Å²) >= 11 is 29.4. The van der Waals surface area contributed by atoms with Gasteiger partial charge in [0.2, 0.25) is 0 Å². The van der Waals surface area contributed by atoms with E-state index in [2.05, 4.69) is 0 Å². The Labute approximate surface area is 165 Å². The van der Waals surface area contributed by atoms with E-state index in [9.17, 15) is 0 Å². The predicted molar refractivity (Wildman–Crippen MR) is 92.8 cm³/mol. The smallest absolute Gasteiger partial charge is 0.125 e. The fraction of sp³-hybridized carbons (Fsp3) is 1.00. The van der Waals surface area contributed by atoms with Crippen LogP contribution in [0.25, 0.3) is 0 Å². The van der Waals surface area contributed by atoms with Gasteiger partial charge in [-0.2, -0.15) is 0 Å². The molecule has 2 aliphatic carbocycles. The SMILES string of the molecule is C1CCCC1.C1CCCC1.Cl[Si](Cl)Cl.Cl[Si](Cl)Cl.[Nb+2]. The molecule has 0 saturated heterocycles. The van der Waals surface area contributed by atoms with E-state index in [1.54, 1.807) is 0 Å². The molecule has 0 aromatic heterocycles. The van der Waals surface area contributed by atoms with E-state index in [4.69, 9.17) is 66.5 Å². The number of hydrogen-bond acceptors (Lipinski definition) is 0. The second-order valence-corrected chi connectivity index (χ2v) is 15.1. The Morgan fingerprint density at radius 2 is 0.421 bits per heavy atom. The third-order valence-electron chi connectivity index (χ3n) is 2.50. The number of hydrogen-bond donors (Lipinski definition) is 0. The summed E-state index contributed by atoms with van der Waals surface area (Å²) in [7, 11) is 0. The summed E-state index contributed by atoms with van der Waals surface area (Å²) in [6.45, 7) is -2.93. The van der Waals surface area contributed by atoms with Crippen LogP contribution in [0.3, 0.4) is 0 Å². The molecule has 0 aliphatic heterocycles. The van der Waals surface area contributed by atoms with E-state index in [1.165, 1.54) is 64.2 Å². The minimum atomic E-state index is -1.46. The fourth-order valence-electron chi connectivity index (χ4n) is 1.77. The van der Waals surface area contributed by atoms with Crippen LogP contribution >= 0.6 is 66.5 Å². The van der Waals surface area contributed by atoms with E-state index in [1.807, 2.05) is 0 Å². The molecule has 2 aliphatic rings. The van der Waals surface area contributed by atoms with E-state index >= 15 is 0 Å². The Kier molecular flexibility index (Phi) is 32.7. The van der Waals surface area contributed by atoms with Gasteiger partial charge in [-0.25, -0.2) is 0 Å². The molecule has 3 radical (unpaired) electrons. The molecule has 2 rings (SSSR count). The molecule has 0 nitrogen and oxygen atoms in total. The Morgan fingerprint density at radius 1 is 0.368 bits per heavy atom. The maximum Gasteiger partial charge on any atom is 2.00 e. The summed E-state index contributed by atoms with van der Waals surface area (Å²) < 4.78 is 0. The van der Waals surface area contributed by atoms with Crippen LogP contribution in [-0.4, -0.2) is 13.5 Å². The second-order valence-electron chi connectivity index (χ2n) is 3.96. The van der Waals surface area contributed by atoms with Crippen LogP contribution in [0.1, 0.15) is 64.2 Å². The van der Waals surface area contributed by atoms with Crippen LogP contribution in [0.4, 0.5) is 0 Å². The van der Waals surface area contributed by atoms with Crippen molar-refractivity contribution in [1.29, 1.82) is 0 Å². The summed E-state index contributed by atoms with van der Waals surface area (Å²) in [5.41, 5.74) is 0. The first kappa shape index (κ1) is 26.8. The summed E-state index contributed by atoms with van der Waals surface area (Å²) in [5, 5.41) is 0. The van der Waals surface area contributed by atoms with Crippen molar-refractivity contribution < 1.29 is 22.4 Å². The van der Waals surface area contributed by atoms with E-state index in [0.29, 0.717) is 0 Å². The van der Waals surface area contributed by atoms with Crippen LogP contribution in [0.15, 0.2) is 0 Å². The summed E-state index contributed by atoms with van der Waals surface area (Å²) in [4.78, 5) is 0. The minimum absolute atomic E-state index is 0. The van der Waals surface area contributed by atoms with Crippen molar-refractivity contribution in [3.05, 3.63) is 0 Å². The first-order chi connectivity index (χ1) is 8.46. The van der Waals surface area contributed by atoms with E-state index < -0.39 is 13.5 Å². The monoisotopic (exact) mass is 499 g/mol. The minimum Gasteiger partial charge on any atom is -0.125 e. The van der Waals surface area contributed by atoms with Gasteiger partial charge in [-0.3, -0.25) is 0 Å². The van der Waals surface area contributed by atoms with Gasteiger partial charge >= 0.3 is 35.8 Å². The van der Waals surface area contributed by atoms with Gasteiger partial charge in [-0.15, -0.1) is 66.5 Å². The maximum atomic E-state index is 4.91. The normalized spacial score (nSPS) is 16.4. The van der Waals surface area contributed by atoms with Crippen LogP contribution in [0.2, 0.25) is 0 Å². The van der Waals surface area contributed by atoms with Crippen LogP contribution < -0.4 is 0 Å². The molecular formula is C10H20Cl6NbSi2+2. The van der Waals surface area contributed by atoms with Crippen LogP contribution in [-0.2, 0) is 22.4 Å². The summed E-state index contributed by atoms with van der Waals surface area (Å²) in [5.74, 6) is 0. The Morgan fingerprint density at radius 3 is 0.474 bits per heavy atom. The summed E-state index contributed by atoms with van der Waals surface area (Å²) in [6, 6.07) is 0. The molecule has 0 aromatic rings. The first-order valence-corrected chi connectivity index (χ1v) is 15.2. The van der Waals surface area contributed by atoms with Gasteiger partial charge in [-0.1, -0.05) is 64.2 Å². The predicted octanol–water partition coefficient (Wildman–Crippen LogP) is 7.27. The van der Waals surface area contributed by atoms with Gasteiger partial charge in [0.25, 0.3) is 0 Å². The topological polar surface area (TPSA) is 0 Å². The van der Waals surface area contributed by atoms with Crippen molar-refractivity contribution in [2.75, 3.05) is 0 Å². The van der Waals surface area contributed by atoms with Gasteiger partial charge < -0.3 is 0 Å². The van der Waals surface area contributed by atoms with Crippen molar-refractivity contribution in [3.8, 4) is 0 Å². The zero-order valence-electron chi connectivity index (χ0n) is 10.8. The van der Waals surface area contributed by atoms with Crippen LogP contribution in [0, 0.1) is 0 Å². The molecule has 0 aromatic carbocycles. The molecule has 9 heteroatoms. The van der Waals surface area contributed by atoms with Crippen molar-refractivity contribution in [2.24, 2.45) is 0 Å². The Balaban J connectivity index is -0.000000178. The molecule has 0 N–H and O–H groups in total. The van der Waals surface area contributed by atoms with Gasteiger partial charge in [0, 0.05) is 0 Å². The molecule has 19 heavy (non-hydrogen) atoms. The molecule has 0 amide bonds. The zero-order valence-corrected chi connectivity index (χ0v) is 19.5. The Hall–Kier alpha value is 2.91. The van der Waals surface area contributed by atoms with Crippen molar-refractivity contribution in [1.82, 2.24) is 0 Å². The third-order valence-corrected chi connectivity index (χ3v) is 2.50. The number of halogens is 6. The Bertz CT molecular complexity index is 109. The molecule has 113 valence electrons. The number of rotatable bonds is 0. The second kappa shape index (κ2) is 23.2. The third kappa shape index (κ3) is 44.9. The zero-order chi connectivity index (χ0) is 14.2. The molecule has 0 atom stereocenters. The molecule has 0 heterocycles. The standard InChI is InChI=1S/2C5H10.2Cl3Si.Nb/c2*1-2-4-5-3-1;2*1-4(2)3;/h2*1-5H2;;;/q;;;;+2. The van der Waals surface area contributed by atoms with Gasteiger partial charge in [0.05, 0.1) is 0 Å². The summed E-state index contributed by atoms with van der Waals surface area (Å²) in [6.07, 6.45) is 15.0. The first-order valence-electron chi connectivity index (χ1n) is 6.13. The molecule has 0 spiro atoms. The molecule has 2 fully saturated rings. The van der Waals surface area contributed by atoms with Crippen LogP contribution in [0.5, 0.6) is 0 Å². The molecule has 0 bridgehead atoms. The van der Waals surface area contributed by atoms with E-state index in [-0.39, 0.29) is 22.4 Å². The average Bonchev–Trinajstić information content (AvgIpc) is 2.96. The maximum absolute atomic E-state index is 4.91.